The van der Waals surface area contributed by atoms with Gasteiger partial charge in [-0.15, -0.1) is 0 Å². The van der Waals surface area contributed by atoms with Crippen LogP contribution in [0.1, 0.15) is 0 Å². The van der Waals surface area contributed by atoms with Crippen molar-refractivity contribution >= 4 is 52.8 Å². The third-order valence-corrected chi connectivity index (χ3v) is 15.1. The second-order valence-corrected chi connectivity index (χ2v) is 37.6. The average molecular weight is 630 g/mol. The van der Waals surface area contributed by atoms with Crippen LogP contribution < -0.4 is 13.1 Å². The van der Waals surface area contributed by atoms with Gasteiger partial charge in [0.05, 0.1) is 0 Å². The molecule has 8 heteroatoms. The van der Waals surface area contributed by atoms with Gasteiger partial charge in [0.15, 0.2) is 0 Å². The third-order valence-electron chi connectivity index (χ3n) is 4.39. The van der Waals surface area contributed by atoms with Gasteiger partial charge in [0.2, 0.25) is 0 Å². The van der Waals surface area contributed by atoms with Gasteiger partial charge in [0, 0.05) is 0 Å². The molecule has 4 N–H and O–H groups in total. The quantitative estimate of drug-likeness (QED) is 0.334. The predicted molar refractivity (Wildman–Crippen MR) is 140 cm³/mol. The molecule has 0 saturated heterocycles. The van der Waals surface area contributed by atoms with Crippen LogP contribution in [0.25, 0.3) is 0 Å². The Kier molecular flexibility index (Phi) is 9.51. The summed E-state index contributed by atoms with van der Waals surface area (Å²) in [5.41, 5.74) is 12.2. The molecule has 0 fully saturated rings. The number of hydrogen-bond acceptors (Lipinski definition) is 4. The standard InChI is InChI=1S/C10H17As.C7H11AsO3.C7H9AsO2/c1-11(2,3,4)10-8-6-5-7-9-10;1-8(9,10,11)7-5-3-2-4-6-7;1-8(9,10)7-5-3-2-4-6-7/h5-9H,1-4H3;2-6,9-11H,1H3;2-6H,1H3,(H,9,10). The van der Waals surface area contributed by atoms with Crippen LogP contribution in [0.15, 0.2) is 91.0 Å². The molecule has 1 atom stereocenters. The van der Waals surface area contributed by atoms with Crippen LogP contribution in [0, 0.1) is 0 Å². The van der Waals surface area contributed by atoms with Gasteiger partial charge in [-0.1, -0.05) is 0 Å². The van der Waals surface area contributed by atoms with Gasteiger partial charge in [-0.05, 0) is 0 Å². The van der Waals surface area contributed by atoms with Crippen LogP contribution in [-0.2, 0) is 3.74 Å². The van der Waals surface area contributed by atoms with Gasteiger partial charge in [0.1, 0.15) is 0 Å². The molecule has 3 aromatic rings. The zero-order chi connectivity index (χ0) is 24.7. The Morgan fingerprint density at radius 3 is 1.09 bits per heavy atom. The number of rotatable bonds is 3. The second kappa shape index (κ2) is 10.5. The minimum absolute atomic E-state index is 0.228. The summed E-state index contributed by atoms with van der Waals surface area (Å²) in [5.74, 6) is 0. The van der Waals surface area contributed by atoms with Crippen LogP contribution in [0.5, 0.6) is 0 Å². The van der Waals surface area contributed by atoms with Crippen molar-refractivity contribution in [2.75, 3.05) is 0 Å². The van der Waals surface area contributed by atoms with Crippen molar-refractivity contribution in [1.29, 1.82) is 0 Å². The molecular formula is C24H37As3O5. The normalized spacial score (nSPS) is 15.7. The van der Waals surface area contributed by atoms with Crippen molar-refractivity contribution < 1.29 is 20.1 Å². The monoisotopic (exact) mass is 630 g/mol. The molecule has 0 heterocycles. The van der Waals surface area contributed by atoms with Crippen molar-refractivity contribution in [2.45, 2.75) is 34.3 Å². The first-order valence-electron chi connectivity index (χ1n) is 10.1. The van der Waals surface area contributed by atoms with Gasteiger partial charge in [-0.25, -0.2) is 0 Å². The Hall–Kier alpha value is -1.02. The average Bonchev–Trinajstić information content (AvgIpc) is 2.68. The predicted octanol–water partition coefficient (Wildman–Crippen LogP) is 2.60. The van der Waals surface area contributed by atoms with Crippen LogP contribution in [0.2, 0.25) is 34.3 Å². The maximum absolute atomic E-state index is 11.0. The Bertz CT molecular complexity index is 940. The topological polar surface area (TPSA) is 98.0 Å². The van der Waals surface area contributed by atoms with Crippen molar-refractivity contribution in [3.63, 3.8) is 0 Å². The Balaban J connectivity index is 0.000000240. The first-order chi connectivity index (χ1) is 14.3. The summed E-state index contributed by atoms with van der Waals surface area (Å²) in [4.78, 5) is 0. The molecule has 0 saturated carbocycles. The summed E-state index contributed by atoms with van der Waals surface area (Å²) < 4.78 is 50.2. The van der Waals surface area contributed by atoms with E-state index >= 15 is 0 Å². The summed E-state index contributed by atoms with van der Waals surface area (Å²) in [5, 5.41) is 0. The summed E-state index contributed by atoms with van der Waals surface area (Å²) in [6.45, 7) is 0. The fourth-order valence-electron chi connectivity index (χ4n) is 2.51. The zero-order valence-corrected chi connectivity index (χ0v) is 25.3. The molecule has 0 aromatic heterocycles. The van der Waals surface area contributed by atoms with Crippen molar-refractivity contribution in [3.05, 3.63) is 91.0 Å². The summed E-state index contributed by atoms with van der Waals surface area (Å²) in [7, 11) is 0. The van der Waals surface area contributed by atoms with Crippen molar-refractivity contribution in [1.82, 2.24) is 0 Å². The Morgan fingerprint density at radius 1 is 0.594 bits per heavy atom. The van der Waals surface area contributed by atoms with E-state index in [9.17, 15) is 16.0 Å². The molecule has 1 unspecified atom stereocenters. The van der Waals surface area contributed by atoms with E-state index in [4.69, 9.17) is 4.10 Å². The van der Waals surface area contributed by atoms with Gasteiger partial charge in [-0.2, -0.15) is 0 Å². The first kappa shape index (κ1) is 29.0. The molecular weight excluding hydrogens is 593 g/mol. The van der Waals surface area contributed by atoms with E-state index in [-0.39, 0.29) is 4.35 Å². The van der Waals surface area contributed by atoms with Gasteiger partial charge in [-0.3, -0.25) is 0 Å². The number of hydrogen-bond donors (Lipinski definition) is 4. The molecule has 0 aliphatic carbocycles. The molecule has 0 radical (unpaired) electrons. The van der Waals surface area contributed by atoms with Crippen LogP contribution in [-0.4, -0.2) is 56.1 Å². The van der Waals surface area contributed by atoms with E-state index in [0.717, 1.165) is 5.71 Å². The van der Waals surface area contributed by atoms with E-state index in [0.29, 0.717) is 4.35 Å². The van der Waals surface area contributed by atoms with Crippen LogP contribution in [0.4, 0.5) is 0 Å². The molecule has 0 spiro atoms. The fourth-order valence-corrected chi connectivity index (χ4v) is 8.72. The molecule has 0 bridgehead atoms. The van der Waals surface area contributed by atoms with E-state index in [1.54, 1.807) is 46.8 Å². The summed E-state index contributed by atoms with van der Waals surface area (Å²) in [6, 6.07) is 27.7. The minimum atomic E-state index is -5.00. The molecule has 0 amide bonds. The maximum atomic E-state index is 11.0. The van der Waals surface area contributed by atoms with Crippen molar-refractivity contribution in [2.24, 2.45) is 0 Å². The summed E-state index contributed by atoms with van der Waals surface area (Å²) in [6.07, 6.45) is 0. The Morgan fingerprint density at radius 2 is 0.906 bits per heavy atom. The van der Waals surface area contributed by atoms with Gasteiger partial charge >= 0.3 is 198 Å². The molecule has 0 aliphatic heterocycles. The van der Waals surface area contributed by atoms with Crippen LogP contribution >= 0.6 is 0 Å². The van der Waals surface area contributed by atoms with Gasteiger partial charge in [0.25, 0.3) is 0 Å². The van der Waals surface area contributed by atoms with E-state index in [2.05, 4.69) is 53.2 Å². The van der Waals surface area contributed by atoms with E-state index in [1.165, 1.54) is 17.8 Å². The van der Waals surface area contributed by atoms with E-state index in [1.807, 2.05) is 6.07 Å². The second-order valence-electron chi connectivity index (χ2n) is 9.86. The van der Waals surface area contributed by atoms with Crippen LogP contribution in [0.3, 0.4) is 0 Å². The first-order valence-corrected chi connectivity index (χ1v) is 28.3. The molecule has 3 rings (SSSR count). The molecule has 0 aliphatic rings. The summed E-state index contributed by atoms with van der Waals surface area (Å²) >= 11 is -10.6. The SMILES string of the molecule is C[As](=O)(O)c1ccccc1.C[As](C)(C)(C)c1ccccc1.C[As](O)(O)(O)c1ccccc1. The van der Waals surface area contributed by atoms with Gasteiger partial charge < -0.3 is 0 Å². The molecule has 3 aromatic carbocycles. The Labute approximate surface area is 197 Å². The third kappa shape index (κ3) is 11.2. The van der Waals surface area contributed by atoms with Crippen molar-refractivity contribution in [3.8, 4) is 0 Å². The zero-order valence-electron chi connectivity index (χ0n) is 19.7. The fraction of sp³-hybridized carbons (Fsp3) is 0.250. The molecule has 32 heavy (non-hydrogen) atoms. The number of benzene rings is 3. The molecule has 5 nitrogen and oxygen atoms in total. The molecule has 178 valence electrons. The van der Waals surface area contributed by atoms with E-state index < -0.39 is 39.8 Å².